The van der Waals surface area contributed by atoms with Crippen LogP contribution < -0.4 is 5.73 Å². The summed E-state index contributed by atoms with van der Waals surface area (Å²) in [7, 11) is 0. The molecule has 0 spiro atoms. The van der Waals surface area contributed by atoms with E-state index < -0.39 is 5.97 Å². The maximum Gasteiger partial charge on any atom is 0.327 e. The van der Waals surface area contributed by atoms with Gasteiger partial charge in [-0.25, -0.2) is 4.79 Å². The minimum atomic E-state index is -0.838. The number of carboxylic acids is 1. The minimum Gasteiger partial charge on any atom is -0.478 e. The van der Waals surface area contributed by atoms with E-state index >= 15 is 0 Å². The Kier molecular flexibility index (Phi) is 21.0. The third kappa shape index (κ3) is 26.7. The number of unbranched alkanes of at least 4 members (excludes halogenated alkanes) is 8. The Morgan fingerprint density at radius 2 is 1.53 bits per heavy atom. The topological polar surface area (TPSA) is 83.5 Å². The van der Waals surface area contributed by atoms with Gasteiger partial charge < -0.3 is 15.9 Å². The van der Waals surface area contributed by atoms with Crippen molar-refractivity contribution in [3.05, 3.63) is 12.2 Å². The Morgan fingerprint density at radius 1 is 1.05 bits per heavy atom. The van der Waals surface area contributed by atoms with Gasteiger partial charge in [-0.05, 0) is 12.8 Å². The number of aliphatic hydroxyl groups is 1. The molecule has 0 aliphatic rings. The summed E-state index contributed by atoms with van der Waals surface area (Å²) in [6, 6.07) is 0. The molecule has 0 unspecified atom stereocenters. The SMILES string of the molecule is CCCCCCCCCCC=CC(=O)O.NCCO. The first-order valence-corrected chi connectivity index (χ1v) is 7.39. The summed E-state index contributed by atoms with van der Waals surface area (Å²) < 4.78 is 0. The van der Waals surface area contributed by atoms with Gasteiger partial charge in [0, 0.05) is 12.6 Å². The number of carbonyl (C=O) groups is 1. The number of nitrogens with two attached hydrogens (primary N) is 1. The standard InChI is InChI=1S/C13H24O2.C2H7NO/c1-2-3-4-5-6-7-8-9-10-11-12-13(14)15;3-1-2-4/h11-12H,2-10H2,1H3,(H,14,15);4H,1-3H2. The molecular weight excluding hydrogens is 242 g/mol. The average Bonchev–Trinajstić information content (AvgIpc) is 2.41. The number of rotatable bonds is 11. The molecule has 19 heavy (non-hydrogen) atoms. The van der Waals surface area contributed by atoms with Crippen LogP contribution in [0.15, 0.2) is 12.2 Å². The highest BCUT2D eigenvalue weighted by molar-refractivity contribution is 5.79. The maximum absolute atomic E-state index is 10.1. The maximum atomic E-state index is 10.1. The summed E-state index contributed by atoms with van der Waals surface area (Å²) in [6.45, 7) is 2.70. The molecule has 0 radical (unpaired) electrons. The van der Waals surface area contributed by atoms with Gasteiger partial charge in [0.05, 0.1) is 6.61 Å². The number of aliphatic carboxylic acids is 1. The molecule has 114 valence electrons. The molecule has 0 saturated carbocycles. The Bertz CT molecular complexity index is 204. The van der Waals surface area contributed by atoms with Crippen LogP contribution in [0.5, 0.6) is 0 Å². The predicted octanol–water partition coefficient (Wildman–Crippen LogP) is 3.10. The van der Waals surface area contributed by atoms with E-state index in [0.29, 0.717) is 6.54 Å². The van der Waals surface area contributed by atoms with E-state index in [9.17, 15) is 4.79 Å². The fraction of sp³-hybridized carbons (Fsp3) is 0.800. The lowest BCUT2D eigenvalue weighted by molar-refractivity contribution is -0.131. The quantitative estimate of drug-likeness (QED) is 0.399. The van der Waals surface area contributed by atoms with E-state index in [1.54, 1.807) is 6.08 Å². The molecule has 0 aromatic heterocycles. The van der Waals surface area contributed by atoms with E-state index in [1.165, 1.54) is 51.0 Å². The number of allylic oxidation sites excluding steroid dienone is 1. The van der Waals surface area contributed by atoms with Crippen molar-refractivity contribution in [3.63, 3.8) is 0 Å². The number of aliphatic hydroxyl groups excluding tert-OH is 1. The molecule has 0 aromatic rings. The van der Waals surface area contributed by atoms with Crippen molar-refractivity contribution >= 4 is 5.97 Å². The van der Waals surface area contributed by atoms with Crippen molar-refractivity contribution in [1.82, 2.24) is 0 Å². The summed E-state index contributed by atoms with van der Waals surface area (Å²) in [5.41, 5.74) is 4.78. The monoisotopic (exact) mass is 273 g/mol. The van der Waals surface area contributed by atoms with E-state index in [4.69, 9.17) is 15.9 Å². The molecule has 4 N–H and O–H groups in total. The molecule has 0 aliphatic carbocycles. The van der Waals surface area contributed by atoms with E-state index in [2.05, 4.69) is 6.92 Å². The zero-order valence-corrected chi connectivity index (χ0v) is 12.3. The summed E-state index contributed by atoms with van der Waals surface area (Å²) in [4.78, 5) is 10.1. The normalized spacial score (nSPS) is 10.3. The molecule has 0 amide bonds. The van der Waals surface area contributed by atoms with Crippen LogP contribution in [0.3, 0.4) is 0 Å². The third-order valence-electron chi connectivity index (χ3n) is 2.61. The summed E-state index contributed by atoms with van der Waals surface area (Å²) >= 11 is 0. The Labute approximate surface area is 117 Å². The molecule has 4 heteroatoms. The van der Waals surface area contributed by atoms with Gasteiger partial charge in [0.25, 0.3) is 0 Å². The second kappa shape index (κ2) is 19.5. The molecular formula is C15H31NO3. The molecule has 0 rings (SSSR count). The Hall–Kier alpha value is -0.870. The fourth-order valence-corrected chi connectivity index (χ4v) is 1.58. The van der Waals surface area contributed by atoms with Crippen molar-refractivity contribution in [2.75, 3.05) is 13.2 Å². The van der Waals surface area contributed by atoms with Crippen molar-refractivity contribution in [3.8, 4) is 0 Å². The van der Waals surface area contributed by atoms with Gasteiger partial charge >= 0.3 is 5.97 Å². The highest BCUT2D eigenvalue weighted by Gasteiger charge is 1.90. The van der Waals surface area contributed by atoms with Crippen LogP contribution in [0.25, 0.3) is 0 Å². The Balaban J connectivity index is 0. The summed E-state index contributed by atoms with van der Waals surface area (Å²) in [6.07, 6.45) is 14.3. The predicted molar refractivity (Wildman–Crippen MR) is 80.1 cm³/mol. The lowest BCUT2D eigenvalue weighted by Crippen LogP contribution is -2.02. The summed E-state index contributed by atoms with van der Waals surface area (Å²) in [5, 5.41) is 16.1. The first kappa shape index (κ1) is 20.4. The van der Waals surface area contributed by atoms with Crippen LogP contribution in [0.1, 0.15) is 64.7 Å². The minimum absolute atomic E-state index is 0.0972. The first-order valence-electron chi connectivity index (χ1n) is 7.39. The highest BCUT2D eigenvalue weighted by atomic mass is 16.4. The molecule has 0 saturated heterocycles. The molecule has 0 atom stereocenters. The zero-order valence-electron chi connectivity index (χ0n) is 12.3. The number of hydrogen-bond acceptors (Lipinski definition) is 3. The van der Waals surface area contributed by atoms with Crippen LogP contribution >= 0.6 is 0 Å². The van der Waals surface area contributed by atoms with Crippen molar-refractivity contribution in [2.24, 2.45) is 5.73 Å². The largest absolute Gasteiger partial charge is 0.478 e. The average molecular weight is 273 g/mol. The van der Waals surface area contributed by atoms with Gasteiger partial charge in [-0.2, -0.15) is 0 Å². The van der Waals surface area contributed by atoms with Crippen LogP contribution in [-0.4, -0.2) is 29.3 Å². The second-order valence-electron chi connectivity index (χ2n) is 4.52. The van der Waals surface area contributed by atoms with E-state index in [-0.39, 0.29) is 6.61 Å². The highest BCUT2D eigenvalue weighted by Crippen LogP contribution is 2.09. The van der Waals surface area contributed by atoms with Gasteiger partial charge in [0.2, 0.25) is 0 Å². The van der Waals surface area contributed by atoms with Crippen molar-refractivity contribution < 1.29 is 15.0 Å². The molecule has 0 fully saturated rings. The van der Waals surface area contributed by atoms with Crippen molar-refractivity contribution in [1.29, 1.82) is 0 Å². The second-order valence-corrected chi connectivity index (χ2v) is 4.52. The third-order valence-corrected chi connectivity index (χ3v) is 2.61. The van der Waals surface area contributed by atoms with Gasteiger partial charge in [-0.15, -0.1) is 0 Å². The van der Waals surface area contributed by atoms with Gasteiger partial charge in [0.15, 0.2) is 0 Å². The van der Waals surface area contributed by atoms with Gasteiger partial charge in [-0.3, -0.25) is 0 Å². The molecule has 0 aliphatic heterocycles. The smallest absolute Gasteiger partial charge is 0.327 e. The van der Waals surface area contributed by atoms with Crippen LogP contribution in [0.2, 0.25) is 0 Å². The zero-order chi connectivity index (χ0) is 14.8. The number of hydrogen-bond donors (Lipinski definition) is 3. The lowest BCUT2D eigenvalue weighted by Gasteiger charge is -1.99. The van der Waals surface area contributed by atoms with Gasteiger partial charge in [0.1, 0.15) is 0 Å². The fourth-order valence-electron chi connectivity index (χ4n) is 1.58. The lowest BCUT2D eigenvalue weighted by atomic mass is 10.1. The molecule has 0 aromatic carbocycles. The molecule has 0 heterocycles. The Morgan fingerprint density at radius 3 is 1.95 bits per heavy atom. The van der Waals surface area contributed by atoms with Crippen molar-refractivity contribution in [2.45, 2.75) is 64.7 Å². The summed E-state index contributed by atoms with van der Waals surface area (Å²) in [5.74, 6) is -0.838. The molecule has 0 bridgehead atoms. The van der Waals surface area contributed by atoms with Crippen LogP contribution in [-0.2, 0) is 4.79 Å². The van der Waals surface area contributed by atoms with Crippen LogP contribution in [0.4, 0.5) is 0 Å². The van der Waals surface area contributed by atoms with Crippen LogP contribution in [0, 0.1) is 0 Å². The molecule has 4 nitrogen and oxygen atoms in total. The first-order chi connectivity index (χ1) is 9.18. The van der Waals surface area contributed by atoms with E-state index in [0.717, 1.165) is 12.8 Å². The van der Waals surface area contributed by atoms with Gasteiger partial charge in [-0.1, -0.05) is 57.9 Å². The number of carboxylic acid groups (broad SMARTS) is 1. The van der Waals surface area contributed by atoms with E-state index in [1.807, 2.05) is 0 Å².